The van der Waals surface area contributed by atoms with Crippen molar-refractivity contribution in [1.82, 2.24) is 10.2 Å². The summed E-state index contributed by atoms with van der Waals surface area (Å²) in [7, 11) is -3.90. The van der Waals surface area contributed by atoms with Gasteiger partial charge >= 0.3 is 0 Å². The van der Waals surface area contributed by atoms with Gasteiger partial charge in [0.15, 0.2) is 0 Å². The summed E-state index contributed by atoms with van der Waals surface area (Å²) < 4.78 is 26.8. The fourth-order valence-electron chi connectivity index (χ4n) is 4.24. The minimum atomic E-state index is -3.90. The first-order valence-electron chi connectivity index (χ1n) is 13.2. The highest BCUT2D eigenvalue weighted by Gasteiger charge is 2.33. The van der Waals surface area contributed by atoms with E-state index in [1.54, 1.807) is 37.3 Å². The lowest BCUT2D eigenvalue weighted by Crippen LogP contribution is -2.53. The van der Waals surface area contributed by atoms with Gasteiger partial charge in [-0.15, -0.1) is 0 Å². The van der Waals surface area contributed by atoms with Crippen LogP contribution in [0, 0.1) is 6.92 Å². The molecule has 2 amide bonds. The van der Waals surface area contributed by atoms with Crippen LogP contribution in [0.25, 0.3) is 0 Å². The summed E-state index contributed by atoms with van der Waals surface area (Å²) in [6.45, 7) is 3.67. The van der Waals surface area contributed by atoms with Crippen molar-refractivity contribution in [3.63, 3.8) is 0 Å². The number of halogens is 3. The molecular formula is C30H34Cl3N3O4S. The Kier molecular flexibility index (Phi) is 11.9. The molecule has 0 radical (unpaired) electrons. The number of sulfonamides is 1. The van der Waals surface area contributed by atoms with E-state index < -0.39 is 28.5 Å². The van der Waals surface area contributed by atoms with E-state index in [4.69, 9.17) is 34.8 Å². The van der Waals surface area contributed by atoms with Crippen LogP contribution in [0.2, 0.25) is 15.1 Å². The Bertz CT molecular complexity index is 1470. The third kappa shape index (κ3) is 9.36. The van der Waals surface area contributed by atoms with Gasteiger partial charge in [0, 0.05) is 34.6 Å². The number of nitrogens with one attached hydrogen (secondary N) is 1. The van der Waals surface area contributed by atoms with Crippen molar-refractivity contribution >= 4 is 62.3 Å². The van der Waals surface area contributed by atoms with Gasteiger partial charge in [-0.25, -0.2) is 8.42 Å². The molecule has 41 heavy (non-hydrogen) atoms. The fourth-order valence-corrected chi connectivity index (χ4v) is 5.73. The molecule has 3 aromatic carbocycles. The molecule has 0 aliphatic rings. The van der Waals surface area contributed by atoms with E-state index in [-0.39, 0.29) is 24.6 Å². The Hall–Kier alpha value is -2.78. The van der Waals surface area contributed by atoms with Crippen LogP contribution < -0.4 is 9.62 Å². The van der Waals surface area contributed by atoms with Crippen molar-refractivity contribution in [2.24, 2.45) is 0 Å². The lowest BCUT2D eigenvalue weighted by atomic mass is 10.0. The standard InChI is InChI=1S/C30H34Cl3N3O4S/c1-4-5-15-34-30(38)28(16-22-9-7-6-8-10-22)35(19-23-12-13-24(31)17-27(23)33)29(37)20-36(41(3,39)40)25-14-11-21(2)26(32)18-25/h6-14,17-18,28H,4-5,15-16,19-20H2,1-3H3,(H,34,38). The Morgan fingerprint density at radius 3 is 2.27 bits per heavy atom. The maximum absolute atomic E-state index is 14.1. The van der Waals surface area contributed by atoms with Gasteiger partial charge in [-0.05, 0) is 54.3 Å². The number of anilines is 1. The van der Waals surface area contributed by atoms with E-state index in [1.165, 1.54) is 11.0 Å². The van der Waals surface area contributed by atoms with E-state index in [1.807, 2.05) is 37.3 Å². The SMILES string of the molecule is CCCCNC(=O)C(Cc1ccccc1)N(Cc1ccc(Cl)cc1Cl)C(=O)CN(c1ccc(C)c(Cl)c1)S(C)(=O)=O. The van der Waals surface area contributed by atoms with Crippen LogP contribution in [0.1, 0.15) is 36.5 Å². The van der Waals surface area contributed by atoms with Gasteiger partial charge in [-0.3, -0.25) is 13.9 Å². The summed E-state index contributed by atoms with van der Waals surface area (Å²) in [4.78, 5) is 29.1. The van der Waals surface area contributed by atoms with Crippen LogP contribution >= 0.6 is 34.8 Å². The molecule has 0 saturated heterocycles. The number of benzene rings is 3. The lowest BCUT2D eigenvalue weighted by molar-refractivity contribution is -0.140. The second kappa shape index (κ2) is 14.9. The first-order chi connectivity index (χ1) is 19.4. The van der Waals surface area contributed by atoms with Crippen molar-refractivity contribution in [3.8, 4) is 0 Å². The average molecular weight is 639 g/mol. The molecule has 220 valence electrons. The number of carbonyl (C=O) groups is 2. The molecule has 0 fully saturated rings. The molecule has 7 nitrogen and oxygen atoms in total. The Labute approximate surface area is 257 Å². The van der Waals surface area contributed by atoms with Crippen LogP contribution in [-0.2, 0) is 32.6 Å². The molecule has 11 heteroatoms. The molecule has 0 aliphatic heterocycles. The smallest absolute Gasteiger partial charge is 0.244 e. The molecule has 0 aromatic heterocycles. The van der Waals surface area contributed by atoms with Gasteiger partial charge in [0.05, 0.1) is 11.9 Å². The Morgan fingerprint density at radius 1 is 0.951 bits per heavy atom. The number of rotatable bonds is 13. The third-order valence-electron chi connectivity index (χ3n) is 6.58. The van der Waals surface area contributed by atoms with E-state index in [0.29, 0.717) is 27.2 Å². The molecule has 0 heterocycles. The van der Waals surface area contributed by atoms with Crippen LogP contribution in [0.5, 0.6) is 0 Å². The van der Waals surface area contributed by atoms with Gasteiger partial charge in [0.2, 0.25) is 21.8 Å². The van der Waals surface area contributed by atoms with Gasteiger partial charge in [0.1, 0.15) is 12.6 Å². The summed E-state index contributed by atoms with van der Waals surface area (Å²) in [5, 5.41) is 4.06. The first kappa shape index (κ1) is 32.7. The third-order valence-corrected chi connectivity index (χ3v) is 8.71. The minimum Gasteiger partial charge on any atom is -0.354 e. The molecular weight excluding hydrogens is 605 g/mol. The lowest BCUT2D eigenvalue weighted by Gasteiger charge is -2.33. The molecule has 0 spiro atoms. The Morgan fingerprint density at radius 2 is 1.66 bits per heavy atom. The van der Waals surface area contributed by atoms with E-state index >= 15 is 0 Å². The minimum absolute atomic E-state index is 0.0419. The number of amides is 2. The summed E-state index contributed by atoms with van der Waals surface area (Å²) in [6.07, 6.45) is 2.89. The van der Waals surface area contributed by atoms with E-state index in [9.17, 15) is 18.0 Å². The van der Waals surface area contributed by atoms with Crippen molar-refractivity contribution in [2.75, 3.05) is 23.7 Å². The first-order valence-corrected chi connectivity index (χ1v) is 16.2. The largest absolute Gasteiger partial charge is 0.354 e. The summed E-state index contributed by atoms with van der Waals surface area (Å²) >= 11 is 18.9. The normalized spacial score (nSPS) is 12.0. The zero-order valence-electron chi connectivity index (χ0n) is 23.2. The highest BCUT2D eigenvalue weighted by molar-refractivity contribution is 7.92. The maximum atomic E-state index is 14.1. The van der Waals surface area contributed by atoms with Gasteiger partial charge in [0.25, 0.3) is 0 Å². The average Bonchev–Trinajstić information content (AvgIpc) is 2.92. The number of hydrogen-bond acceptors (Lipinski definition) is 4. The molecule has 0 aliphatic carbocycles. The quantitative estimate of drug-likeness (QED) is 0.223. The topological polar surface area (TPSA) is 86.8 Å². The van der Waals surface area contributed by atoms with E-state index in [0.717, 1.165) is 34.5 Å². The molecule has 3 rings (SSSR count). The number of nitrogens with zero attached hydrogens (tertiary/aromatic N) is 2. The zero-order valence-corrected chi connectivity index (χ0v) is 26.3. The summed E-state index contributed by atoms with van der Waals surface area (Å²) in [6, 6.07) is 18.1. The van der Waals surface area contributed by atoms with Crippen molar-refractivity contribution in [1.29, 1.82) is 0 Å². The summed E-state index contributed by atoms with van der Waals surface area (Å²) in [5.74, 6) is -0.922. The molecule has 0 bridgehead atoms. The second-order valence-corrected chi connectivity index (χ2v) is 13.0. The predicted octanol–water partition coefficient (Wildman–Crippen LogP) is 6.28. The monoisotopic (exact) mass is 637 g/mol. The van der Waals surface area contributed by atoms with Gasteiger partial charge in [-0.1, -0.05) is 90.6 Å². The van der Waals surface area contributed by atoms with Crippen LogP contribution in [0.3, 0.4) is 0 Å². The van der Waals surface area contributed by atoms with E-state index in [2.05, 4.69) is 5.32 Å². The second-order valence-electron chi connectivity index (χ2n) is 9.81. The van der Waals surface area contributed by atoms with Crippen molar-refractivity contribution < 1.29 is 18.0 Å². The predicted molar refractivity (Wildman–Crippen MR) is 167 cm³/mol. The summed E-state index contributed by atoms with van der Waals surface area (Å²) in [5.41, 5.74) is 2.41. The Balaban J connectivity index is 2.07. The molecule has 0 saturated carbocycles. The maximum Gasteiger partial charge on any atom is 0.244 e. The fraction of sp³-hybridized carbons (Fsp3) is 0.333. The van der Waals surface area contributed by atoms with Crippen LogP contribution in [0.4, 0.5) is 5.69 Å². The van der Waals surface area contributed by atoms with Crippen LogP contribution in [-0.4, -0.2) is 50.5 Å². The number of unbranched alkanes of at least 4 members (excludes halogenated alkanes) is 1. The highest BCUT2D eigenvalue weighted by Crippen LogP contribution is 2.27. The number of hydrogen-bond donors (Lipinski definition) is 1. The highest BCUT2D eigenvalue weighted by atomic mass is 35.5. The van der Waals surface area contributed by atoms with Gasteiger partial charge in [-0.2, -0.15) is 0 Å². The molecule has 3 aromatic rings. The number of aryl methyl sites for hydroxylation is 1. The van der Waals surface area contributed by atoms with Gasteiger partial charge < -0.3 is 10.2 Å². The molecule has 1 atom stereocenters. The molecule has 1 unspecified atom stereocenters. The van der Waals surface area contributed by atoms with Crippen LogP contribution in [0.15, 0.2) is 66.7 Å². The number of carbonyl (C=O) groups excluding carboxylic acids is 2. The van der Waals surface area contributed by atoms with Crippen molar-refractivity contribution in [2.45, 2.75) is 45.7 Å². The molecule has 1 N–H and O–H groups in total. The zero-order chi connectivity index (χ0) is 30.2. The van der Waals surface area contributed by atoms with Crippen molar-refractivity contribution in [3.05, 3.63) is 98.5 Å².